The topological polar surface area (TPSA) is 95.9 Å². The molecule has 1 rings (SSSR count). The molecular formula is C13H22N2O5. The number of carbonyl (C=O) groups is 3. The van der Waals surface area contributed by atoms with Crippen LogP contribution >= 0.6 is 0 Å². The molecule has 0 bridgehead atoms. The van der Waals surface area contributed by atoms with Gasteiger partial charge in [-0.3, -0.25) is 14.9 Å². The molecule has 0 aromatic heterocycles. The van der Waals surface area contributed by atoms with E-state index in [1.807, 2.05) is 6.92 Å². The lowest BCUT2D eigenvalue weighted by atomic mass is 9.89. The molecule has 0 saturated carbocycles. The van der Waals surface area contributed by atoms with Crippen molar-refractivity contribution in [2.45, 2.75) is 45.8 Å². The summed E-state index contributed by atoms with van der Waals surface area (Å²) in [4.78, 5) is 36.0. The van der Waals surface area contributed by atoms with Crippen molar-refractivity contribution in [1.82, 2.24) is 10.2 Å². The van der Waals surface area contributed by atoms with Gasteiger partial charge in [0.05, 0.1) is 17.6 Å². The highest BCUT2D eigenvalue weighted by Gasteiger charge is 2.33. The third-order valence-electron chi connectivity index (χ3n) is 3.58. The molecule has 0 aromatic carbocycles. The average Bonchev–Trinajstić information content (AvgIpc) is 2.73. The number of ether oxygens (including phenoxy) is 1. The summed E-state index contributed by atoms with van der Waals surface area (Å²) in [6.45, 7) is 5.34. The molecule has 3 amide bonds. The van der Waals surface area contributed by atoms with Crippen LogP contribution in [-0.4, -0.2) is 53.7 Å². The molecule has 1 aliphatic heterocycles. The van der Waals surface area contributed by atoms with Crippen molar-refractivity contribution in [2.75, 3.05) is 13.7 Å². The fourth-order valence-electron chi connectivity index (χ4n) is 2.11. The van der Waals surface area contributed by atoms with Gasteiger partial charge in [-0.2, -0.15) is 0 Å². The number of urea groups is 1. The number of hydrogen-bond acceptors (Lipinski definition) is 4. The van der Waals surface area contributed by atoms with Crippen LogP contribution in [0.4, 0.5) is 4.79 Å². The number of nitrogens with one attached hydrogen (secondary N) is 1. The molecule has 7 heteroatoms. The van der Waals surface area contributed by atoms with E-state index in [0.717, 1.165) is 6.42 Å². The van der Waals surface area contributed by atoms with E-state index < -0.39 is 23.3 Å². The van der Waals surface area contributed by atoms with E-state index in [1.54, 1.807) is 7.05 Å². The Bertz CT molecular complexity index is 408. The lowest BCUT2D eigenvalue weighted by Gasteiger charge is -2.27. The van der Waals surface area contributed by atoms with Crippen LogP contribution in [0.3, 0.4) is 0 Å². The van der Waals surface area contributed by atoms with Gasteiger partial charge in [0.1, 0.15) is 0 Å². The Morgan fingerprint density at radius 2 is 2.00 bits per heavy atom. The fraction of sp³-hybridized carbons (Fsp3) is 0.769. The normalized spacial score (nSPS) is 22.4. The molecular weight excluding hydrogens is 264 g/mol. The van der Waals surface area contributed by atoms with Crippen LogP contribution in [0.5, 0.6) is 0 Å². The van der Waals surface area contributed by atoms with Crippen LogP contribution in [-0.2, 0) is 14.3 Å². The van der Waals surface area contributed by atoms with E-state index in [4.69, 9.17) is 9.84 Å². The average molecular weight is 286 g/mol. The van der Waals surface area contributed by atoms with Crippen LogP contribution in [0.15, 0.2) is 0 Å². The van der Waals surface area contributed by atoms with Crippen LogP contribution in [0.25, 0.3) is 0 Å². The van der Waals surface area contributed by atoms with Crippen LogP contribution in [0, 0.1) is 5.41 Å². The van der Waals surface area contributed by atoms with Crippen LogP contribution < -0.4 is 5.32 Å². The first kappa shape index (κ1) is 16.4. The SMILES string of the molecule is CC1OCCC1N(C)C(=O)NC(=O)CC(C)(C)C(=O)O. The van der Waals surface area contributed by atoms with E-state index in [1.165, 1.54) is 18.7 Å². The maximum atomic E-state index is 11.9. The first-order valence-corrected chi connectivity index (χ1v) is 6.57. The Balaban J connectivity index is 2.53. The summed E-state index contributed by atoms with van der Waals surface area (Å²) in [5, 5.41) is 11.2. The number of carboxylic acids is 1. The van der Waals surface area contributed by atoms with Crippen LogP contribution in [0.2, 0.25) is 0 Å². The minimum Gasteiger partial charge on any atom is -0.481 e. The van der Waals surface area contributed by atoms with Gasteiger partial charge in [0.2, 0.25) is 5.91 Å². The molecule has 2 N–H and O–H groups in total. The minimum absolute atomic E-state index is 0.0729. The van der Waals surface area contributed by atoms with Gasteiger partial charge in [0.15, 0.2) is 0 Å². The Kier molecular flexibility index (Phi) is 5.10. The second-order valence-corrected chi connectivity index (χ2v) is 5.76. The van der Waals surface area contributed by atoms with E-state index in [2.05, 4.69) is 5.32 Å². The van der Waals surface area contributed by atoms with E-state index in [9.17, 15) is 14.4 Å². The number of carboxylic acid groups (broad SMARTS) is 1. The largest absolute Gasteiger partial charge is 0.481 e. The van der Waals surface area contributed by atoms with Crippen molar-refractivity contribution in [3.05, 3.63) is 0 Å². The summed E-state index contributed by atoms with van der Waals surface area (Å²) in [6.07, 6.45) is 0.398. The maximum absolute atomic E-state index is 11.9. The minimum atomic E-state index is -1.20. The van der Waals surface area contributed by atoms with Gasteiger partial charge < -0.3 is 14.7 Å². The Morgan fingerprint density at radius 1 is 1.40 bits per heavy atom. The first-order chi connectivity index (χ1) is 9.15. The number of carbonyl (C=O) groups excluding carboxylic acids is 2. The predicted octanol–water partition coefficient (Wildman–Crippen LogP) is 0.833. The van der Waals surface area contributed by atoms with Gasteiger partial charge in [-0.05, 0) is 27.2 Å². The third-order valence-corrected chi connectivity index (χ3v) is 3.58. The Hall–Kier alpha value is -1.63. The van der Waals surface area contributed by atoms with Gasteiger partial charge >= 0.3 is 12.0 Å². The van der Waals surface area contributed by atoms with Gasteiger partial charge in [-0.25, -0.2) is 4.79 Å². The zero-order valence-corrected chi connectivity index (χ0v) is 12.3. The molecule has 1 aliphatic rings. The second kappa shape index (κ2) is 6.21. The smallest absolute Gasteiger partial charge is 0.324 e. The molecule has 7 nitrogen and oxygen atoms in total. The lowest BCUT2D eigenvalue weighted by molar-refractivity contribution is -0.149. The summed E-state index contributed by atoms with van der Waals surface area (Å²) in [5.41, 5.74) is -1.20. The summed E-state index contributed by atoms with van der Waals surface area (Å²) in [6, 6.07) is -0.603. The van der Waals surface area contributed by atoms with Crippen LogP contribution in [0.1, 0.15) is 33.6 Å². The van der Waals surface area contributed by atoms with Gasteiger partial charge in [-0.1, -0.05) is 0 Å². The van der Waals surface area contributed by atoms with E-state index in [0.29, 0.717) is 6.61 Å². The molecule has 0 spiro atoms. The van der Waals surface area contributed by atoms with Crippen molar-refractivity contribution >= 4 is 17.9 Å². The first-order valence-electron chi connectivity index (χ1n) is 6.57. The third kappa shape index (κ3) is 3.93. The van der Waals surface area contributed by atoms with Crippen molar-refractivity contribution in [2.24, 2.45) is 5.41 Å². The molecule has 20 heavy (non-hydrogen) atoms. The summed E-state index contributed by atoms with van der Waals surface area (Å²) in [7, 11) is 1.60. The molecule has 0 aliphatic carbocycles. The molecule has 1 fully saturated rings. The van der Waals surface area contributed by atoms with E-state index >= 15 is 0 Å². The quantitative estimate of drug-likeness (QED) is 0.798. The molecule has 1 heterocycles. The molecule has 114 valence electrons. The number of hydrogen-bond donors (Lipinski definition) is 2. The lowest BCUT2D eigenvalue weighted by Crippen LogP contribution is -2.48. The second-order valence-electron chi connectivity index (χ2n) is 5.76. The molecule has 0 radical (unpaired) electrons. The highest BCUT2D eigenvalue weighted by molar-refractivity contribution is 5.96. The molecule has 0 aromatic rings. The number of likely N-dealkylation sites (N-methyl/N-ethyl adjacent to an activating group) is 1. The number of aliphatic carboxylic acids is 1. The van der Waals surface area contributed by atoms with Gasteiger partial charge in [0.25, 0.3) is 0 Å². The Morgan fingerprint density at radius 3 is 2.45 bits per heavy atom. The van der Waals surface area contributed by atoms with Gasteiger partial charge in [0, 0.05) is 20.1 Å². The summed E-state index contributed by atoms with van der Waals surface area (Å²) < 4.78 is 5.37. The molecule has 2 atom stereocenters. The van der Waals surface area contributed by atoms with Crippen molar-refractivity contribution in [1.29, 1.82) is 0 Å². The Labute approximate surface area is 118 Å². The standard InChI is InChI=1S/C13H22N2O5/c1-8-9(5-6-20-8)15(4)12(19)14-10(16)7-13(2,3)11(17)18/h8-9H,5-7H2,1-4H3,(H,17,18)(H,14,16,19). The number of rotatable bonds is 4. The predicted molar refractivity (Wildman–Crippen MR) is 71.2 cm³/mol. The van der Waals surface area contributed by atoms with Crippen molar-refractivity contribution in [3.8, 4) is 0 Å². The van der Waals surface area contributed by atoms with Crippen molar-refractivity contribution in [3.63, 3.8) is 0 Å². The van der Waals surface area contributed by atoms with Gasteiger partial charge in [-0.15, -0.1) is 0 Å². The summed E-state index contributed by atoms with van der Waals surface area (Å²) in [5.74, 6) is -1.67. The van der Waals surface area contributed by atoms with E-state index in [-0.39, 0.29) is 18.6 Å². The molecule has 1 saturated heterocycles. The zero-order valence-electron chi connectivity index (χ0n) is 12.3. The molecule has 2 unspecified atom stereocenters. The number of amides is 3. The van der Waals surface area contributed by atoms with Crippen molar-refractivity contribution < 1.29 is 24.2 Å². The fourth-order valence-corrected chi connectivity index (χ4v) is 2.11. The number of imide groups is 1. The number of nitrogens with zero attached hydrogens (tertiary/aromatic N) is 1. The maximum Gasteiger partial charge on any atom is 0.324 e. The summed E-state index contributed by atoms with van der Waals surface area (Å²) >= 11 is 0. The highest BCUT2D eigenvalue weighted by Crippen LogP contribution is 2.21. The zero-order chi connectivity index (χ0) is 15.5. The monoisotopic (exact) mass is 286 g/mol. The highest BCUT2D eigenvalue weighted by atomic mass is 16.5.